The first-order chi connectivity index (χ1) is 7.29. The van der Waals surface area contributed by atoms with Crippen LogP contribution in [0, 0.1) is 0 Å². The van der Waals surface area contributed by atoms with E-state index in [9.17, 15) is 0 Å². The van der Waals surface area contributed by atoms with Gasteiger partial charge in [0, 0.05) is 17.8 Å². The number of aromatic nitrogens is 4. The summed E-state index contributed by atoms with van der Waals surface area (Å²) < 4.78 is 2.51. The first-order valence-corrected chi connectivity index (χ1v) is 6.07. The smallest absolute Gasteiger partial charge is 0.166 e. The number of halogens is 2. The number of hydrogen-bond acceptors (Lipinski definition) is 4. The zero-order valence-corrected chi connectivity index (χ0v) is 10.1. The second-order valence-electron chi connectivity index (χ2n) is 2.91. The Labute approximate surface area is 101 Å². The monoisotopic (exact) mass is 262 g/mol. The molecule has 15 heavy (non-hydrogen) atoms. The van der Waals surface area contributed by atoms with Gasteiger partial charge in [0.05, 0.1) is 10.2 Å². The van der Waals surface area contributed by atoms with Crippen LogP contribution in [0.5, 0.6) is 0 Å². The molecule has 0 aliphatic heterocycles. The Morgan fingerprint density at radius 2 is 2.27 bits per heavy atom. The van der Waals surface area contributed by atoms with Crippen molar-refractivity contribution in [2.75, 3.05) is 0 Å². The second kappa shape index (κ2) is 4.92. The molecule has 0 bridgehead atoms. The van der Waals surface area contributed by atoms with Crippen LogP contribution in [0.1, 0.15) is 10.7 Å². The molecule has 0 N–H and O–H groups in total. The molecule has 0 aliphatic carbocycles. The quantitative estimate of drug-likeness (QED) is 0.795. The zero-order chi connectivity index (χ0) is 10.7. The van der Waals surface area contributed by atoms with E-state index >= 15 is 0 Å². The highest BCUT2D eigenvalue weighted by molar-refractivity contribution is 7.16. The molecule has 2 aromatic rings. The molecule has 7 heteroatoms. The lowest BCUT2D eigenvalue weighted by Gasteiger charge is -2.00. The summed E-state index contributed by atoms with van der Waals surface area (Å²) in [7, 11) is 0. The molecule has 0 saturated carbocycles. The molecule has 2 heterocycles. The number of aryl methyl sites for hydroxylation is 2. The number of hydrogen-bond donors (Lipinski definition) is 0. The van der Waals surface area contributed by atoms with Gasteiger partial charge in [-0.05, 0) is 22.6 Å². The second-order valence-corrected chi connectivity index (χ2v) is 4.97. The molecule has 4 nitrogen and oxygen atoms in total. The van der Waals surface area contributed by atoms with E-state index in [1.54, 1.807) is 16.0 Å². The minimum Gasteiger partial charge on any atom is -0.228 e. The fraction of sp³-hybridized carbons (Fsp3) is 0.375. The molecule has 80 valence electrons. The Balaban J connectivity index is 1.98. The van der Waals surface area contributed by atoms with E-state index in [0.717, 1.165) is 17.3 Å². The largest absolute Gasteiger partial charge is 0.228 e. The van der Waals surface area contributed by atoms with E-state index in [-0.39, 0.29) is 0 Å². The van der Waals surface area contributed by atoms with Gasteiger partial charge in [0.2, 0.25) is 0 Å². The predicted octanol–water partition coefficient (Wildman–Crippen LogP) is 2.37. The summed E-state index contributed by atoms with van der Waals surface area (Å²) in [6.07, 6.45) is 0.867. The molecular formula is C8H8Cl2N4S. The summed E-state index contributed by atoms with van der Waals surface area (Å²) in [5.74, 6) is 1.03. The summed E-state index contributed by atoms with van der Waals surface area (Å²) in [4.78, 5) is 1.22. The van der Waals surface area contributed by atoms with Gasteiger partial charge in [-0.2, -0.15) is 0 Å². The first kappa shape index (κ1) is 10.9. The van der Waals surface area contributed by atoms with Crippen LogP contribution in [-0.4, -0.2) is 20.2 Å². The topological polar surface area (TPSA) is 43.6 Å². The lowest BCUT2D eigenvalue weighted by Crippen LogP contribution is -2.06. The van der Waals surface area contributed by atoms with Crippen LogP contribution in [0.15, 0.2) is 12.1 Å². The highest BCUT2D eigenvalue weighted by atomic mass is 35.5. The van der Waals surface area contributed by atoms with Crippen molar-refractivity contribution < 1.29 is 0 Å². The van der Waals surface area contributed by atoms with E-state index < -0.39 is 0 Å². The zero-order valence-electron chi connectivity index (χ0n) is 7.73. The van der Waals surface area contributed by atoms with Gasteiger partial charge in [-0.15, -0.1) is 28.0 Å². The van der Waals surface area contributed by atoms with Crippen LogP contribution in [0.4, 0.5) is 0 Å². The summed E-state index contributed by atoms with van der Waals surface area (Å²) in [5, 5.41) is 11.2. The van der Waals surface area contributed by atoms with Crippen LogP contribution >= 0.6 is 34.5 Å². The molecule has 0 aliphatic rings. The molecule has 0 atom stereocenters. The molecular weight excluding hydrogens is 255 g/mol. The van der Waals surface area contributed by atoms with Gasteiger partial charge in [0.1, 0.15) is 0 Å². The molecule has 0 saturated heterocycles. The van der Waals surface area contributed by atoms with Crippen molar-refractivity contribution >= 4 is 34.5 Å². The highest BCUT2D eigenvalue weighted by Crippen LogP contribution is 2.22. The maximum atomic E-state index is 5.83. The molecule has 0 unspecified atom stereocenters. The maximum absolute atomic E-state index is 5.83. The van der Waals surface area contributed by atoms with Gasteiger partial charge < -0.3 is 0 Å². The van der Waals surface area contributed by atoms with Crippen LogP contribution < -0.4 is 0 Å². The van der Waals surface area contributed by atoms with Crippen LogP contribution in [-0.2, 0) is 18.8 Å². The Morgan fingerprint density at radius 1 is 1.40 bits per heavy atom. The van der Waals surface area contributed by atoms with Crippen molar-refractivity contribution in [3.05, 3.63) is 27.2 Å². The SMILES string of the molecule is ClCc1nnnn1CCc1ccc(Cl)s1. The third-order valence-electron chi connectivity index (χ3n) is 1.92. The number of tetrazole rings is 1. The molecule has 2 rings (SSSR count). The van der Waals surface area contributed by atoms with Crippen molar-refractivity contribution in [2.45, 2.75) is 18.8 Å². The van der Waals surface area contributed by atoms with Crippen molar-refractivity contribution in [3.8, 4) is 0 Å². The molecule has 0 spiro atoms. The lowest BCUT2D eigenvalue weighted by atomic mass is 10.3. The van der Waals surface area contributed by atoms with Crippen LogP contribution in [0.3, 0.4) is 0 Å². The van der Waals surface area contributed by atoms with Gasteiger partial charge in [-0.3, -0.25) is 0 Å². The summed E-state index contributed by atoms with van der Waals surface area (Å²) in [6.45, 7) is 0.728. The first-order valence-electron chi connectivity index (χ1n) is 4.35. The summed E-state index contributed by atoms with van der Waals surface area (Å²) in [5.41, 5.74) is 0. The van der Waals surface area contributed by atoms with Gasteiger partial charge in [-0.25, -0.2) is 4.68 Å². The molecule has 0 radical (unpaired) electrons. The third-order valence-corrected chi connectivity index (χ3v) is 3.45. The van der Waals surface area contributed by atoms with Gasteiger partial charge in [0.15, 0.2) is 5.82 Å². The fourth-order valence-corrected chi connectivity index (χ4v) is 2.46. The Hall–Kier alpha value is -0.650. The Morgan fingerprint density at radius 3 is 2.93 bits per heavy atom. The lowest BCUT2D eigenvalue weighted by molar-refractivity contribution is 0.576. The van der Waals surface area contributed by atoms with Crippen molar-refractivity contribution in [1.82, 2.24) is 20.2 Å². The van der Waals surface area contributed by atoms with E-state index in [2.05, 4.69) is 15.5 Å². The highest BCUT2D eigenvalue weighted by Gasteiger charge is 2.05. The van der Waals surface area contributed by atoms with E-state index in [1.165, 1.54) is 4.88 Å². The maximum Gasteiger partial charge on any atom is 0.166 e. The standard InChI is InChI=1S/C8H8Cl2N4S/c9-5-8-11-12-13-14(8)4-3-6-1-2-7(10)15-6/h1-2H,3-5H2. The van der Waals surface area contributed by atoms with Gasteiger partial charge >= 0.3 is 0 Å². The van der Waals surface area contributed by atoms with Crippen molar-refractivity contribution in [1.29, 1.82) is 0 Å². The normalized spacial score (nSPS) is 10.8. The van der Waals surface area contributed by atoms with Crippen molar-refractivity contribution in [3.63, 3.8) is 0 Å². The minimum absolute atomic E-state index is 0.332. The van der Waals surface area contributed by atoms with E-state index in [0.29, 0.717) is 11.7 Å². The minimum atomic E-state index is 0.332. The number of alkyl halides is 1. The molecule has 0 aromatic carbocycles. The molecule has 0 fully saturated rings. The van der Waals surface area contributed by atoms with Crippen LogP contribution in [0.25, 0.3) is 0 Å². The Kier molecular flexibility index (Phi) is 3.56. The van der Waals surface area contributed by atoms with Crippen LogP contribution in [0.2, 0.25) is 4.34 Å². The average molecular weight is 263 g/mol. The fourth-order valence-electron chi connectivity index (χ4n) is 1.19. The number of rotatable bonds is 4. The average Bonchev–Trinajstić information content (AvgIpc) is 2.83. The molecule has 0 amide bonds. The van der Waals surface area contributed by atoms with Gasteiger partial charge in [-0.1, -0.05) is 11.6 Å². The van der Waals surface area contributed by atoms with E-state index in [1.807, 2.05) is 12.1 Å². The van der Waals surface area contributed by atoms with E-state index in [4.69, 9.17) is 23.2 Å². The molecule has 2 aromatic heterocycles. The summed E-state index contributed by atoms with van der Waals surface area (Å²) >= 11 is 13.1. The number of thiophene rings is 1. The number of nitrogens with zero attached hydrogens (tertiary/aromatic N) is 4. The summed E-state index contributed by atoms with van der Waals surface area (Å²) in [6, 6.07) is 3.90. The van der Waals surface area contributed by atoms with Crippen molar-refractivity contribution in [2.24, 2.45) is 0 Å². The Bertz CT molecular complexity index is 439. The third kappa shape index (κ3) is 2.68. The van der Waals surface area contributed by atoms with Gasteiger partial charge in [0.25, 0.3) is 0 Å². The predicted molar refractivity (Wildman–Crippen MR) is 60.4 cm³/mol.